The highest BCUT2D eigenvalue weighted by molar-refractivity contribution is 6.28. The number of amides is 1. The number of carbonyl (C=O) groups is 1. The van der Waals surface area contributed by atoms with Crippen LogP contribution >= 0.6 is 11.6 Å². The van der Waals surface area contributed by atoms with E-state index >= 15 is 0 Å². The van der Waals surface area contributed by atoms with E-state index in [2.05, 4.69) is 25.6 Å². The molecule has 4 rings (SSSR count). The second kappa shape index (κ2) is 7.78. The fourth-order valence-corrected chi connectivity index (χ4v) is 4.22. The van der Waals surface area contributed by atoms with Crippen LogP contribution in [0.5, 0.6) is 0 Å². The van der Waals surface area contributed by atoms with Crippen LogP contribution < -0.4 is 10.6 Å². The Hall–Kier alpha value is -2.01. The molecule has 10 nitrogen and oxygen atoms in total. The Balaban J connectivity index is 1.69. The molecule has 4 atom stereocenters. The standard InChI is InChI=1S/C17H23ClN6O4/c1-19-15(27)10-9(6-25)28-16(12(10)26)24-7-20-11-13(21-8-4-2-3-5-8)22-17(18)23-14(11)24/h7-10,12,16,25-26H,2-6H2,1H3,(H,19,27)(H,21,22,23)/t9-,10-,12-,16-/m1/s1. The van der Waals surface area contributed by atoms with Crippen molar-refractivity contribution < 1.29 is 19.7 Å². The van der Waals surface area contributed by atoms with Crippen molar-refractivity contribution in [1.82, 2.24) is 24.8 Å². The van der Waals surface area contributed by atoms with Gasteiger partial charge in [0, 0.05) is 13.1 Å². The normalized spacial score (nSPS) is 28.1. The number of rotatable bonds is 5. The minimum Gasteiger partial charge on any atom is -0.394 e. The molecule has 2 aromatic heterocycles. The zero-order valence-corrected chi connectivity index (χ0v) is 16.1. The smallest absolute Gasteiger partial charge is 0.228 e. The van der Waals surface area contributed by atoms with Gasteiger partial charge in [0.25, 0.3) is 0 Å². The van der Waals surface area contributed by atoms with Gasteiger partial charge in [-0.25, -0.2) is 4.98 Å². The molecule has 1 saturated carbocycles. The summed E-state index contributed by atoms with van der Waals surface area (Å²) in [7, 11) is 1.47. The number of hydrogen-bond donors (Lipinski definition) is 4. The summed E-state index contributed by atoms with van der Waals surface area (Å²) in [5, 5.41) is 26.2. The quantitative estimate of drug-likeness (QED) is 0.522. The van der Waals surface area contributed by atoms with Crippen LogP contribution in [0, 0.1) is 5.92 Å². The van der Waals surface area contributed by atoms with Crippen LogP contribution in [0.1, 0.15) is 31.9 Å². The first-order chi connectivity index (χ1) is 13.5. The topological polar surface area (TPSA) is 134 Å². The molecule has 0 unspecified atom stereocenters. The second-order valence-corrected chi connectivity index (χ2v) is 7.51. The number of imidazole rings is 1. The zero-order valence-electron chi connectivity index (χ0n) is 15.4. The van der Waals surface area contributed by atoms with Gasteiger partial charge in [0.05, 0.1) is 25.0 Å². The lowest BCUT2D eigenvalue weighted by Gasteiger charge is -2.18. The maximum atomic E-state index is 12.1. The first-order valence-corrected chi connectivity index (χ1v) is 9.74. The Morgan fingerprint density at radius 2 is 2.14 bits per heavy atom. The van der Waals surface area contributed by atoms with Gasteiger partial charge in [0.2, 0.25) is 11.2 Å². The molecule has 152 valence electrons. The molecule has 1 aliphatic carbocycles. The van der Waals surface area contributed by atoms with E-state index in [9.17, 15) is 15.0 Å². The van der Waals surface area contributed by atoms with Gasteiger partial charge in [0.15, 0.2) is 23.2 Å². The number of aliphatic hydroxyl groups excluding tert-OH is 2. The van der Waals surface area contributed by atoms with Crippen LogP contribution in [-0.4, -0.2) is 67.5 Å². The molecule has 0 aromatic carbocycles. The maximum Gasteiger partial charge on any atom is 0.228 e. The number of halogens is 1. The number of anilines is 1. The van der Waals surface area contributed by atoms with Crippen molar-refractivity contribution in [2.24, 2.45) is 5.92 Å². The first-order valence-electron chi connectivity index (χ1n) is 9.36. The zero-order chi connectivity index (χ0) is 19.8. The lowest BCUT2D eigenvalue weighted by molar-refractivity contribution is -0.129. The van der Waals surface area contributed by atoms with E-state index in [1.165, 1.54) is 30.8 Å². The van der Waals surface area contributed by atoms with Gasteiger partial charge >= 0.3 is 0 Å². The molecule has 11 heteroatoms. The molecule has 1 amide bonds. The summed E-state index contributed by atoms with van der Waals surface area (Å²) < 4.78 is 7.29. The maximum absolute atomic E-state index is 12.1. The molecule has 2 aromatic rings. The average molecular weight is 411 g/mol. The van der Waals surface area contributed by atoms with E-state index in [0.717, 1.165) is 12.8 Å². The van der Waals surface area contributed by atoms with E-state index < -0.39 is 36.9 Å². The predicted octanol–water partition coefficient (Wildman–Crippen LogP) is 0.447. The Morgan fingerprint density at radius 1 is 1.39 bits per heavy atom. The molecule has 0 spiro atoms. The van der Waals surface area contributed by atoms with Crippen LogP contribution in [0.4, 0.5) is 5.82 Å². The molecular formula is C17H23ClN6O4. The van der Waals surface area contributed by atoms with Gasteiger partial charge in [-0.3, -0.25) is 9.36 Å². The van der Waals surface area contributed by atoms with Crippen LogP contribution in [-0.2, 0) is 9.53 Å². The van der Waals surface area contributed by atoms with Crippen molar-refractivity contribution in [3.05, 3.63) is 11.6 Å². The highest BCUT2D eigenvalue weighted by atomic mass is 35.5. The van der Waals surface area contributed by atoms with E-state index in [1.807, 2.05) is 0 Å². The Bertz CT molecular complexity index is 871. The molecule has 28 heavy (non-hydrogen) atoms. The van der Waals surface area contributed by atoms with Crippen LogP contribution in [0.25, 0.3) is 11.2 Å². The molecule has 1 saturated heterocycles. The van der Waals surface area contributed by atoms with E-state index in [4.69, 9.17) is 16.3 Å². The van der Waals surface area contributed by atoms with E-state index in [-0.39, 0.29) is 5.28 Å². The predicted molar refractivity (Wildman–Crippen MR) is 101 cm³/mol. The highest BCUT2D eigenvalue weighted by Gasteiger charge is 2.48. The number of fused-ring (bicyclic) bond motifs is 1. The van der Waals surface area contributed by atoms with Crippen molar-refractivity contribution >= 4 is 34.5 Å². The Kier molecular flexibility index (Phi) is 5.37. The minimum atomic E-state index is -1.19. The van der Waals surface area contributed by atoms with Crippen LogP contribution in [0.15, 0.2) is 6.33 Å². The third kappa shape index (κ3) is 3.30. The number of nitrogens with zero attached hydrogens (tertiary/aromatic N) is 4. The van der Waals surface area contributed by atoms with Crippen molar-refractivity contribution in [2.75, 3.05) is 19.0 Å². The Labute approximate surface area is 166 Å². The van der Waals surface area contributed by atoms with Gasteiger partial charge in [-0.2, -0.15) is 9.97 Å². The Morgan fingerprint density at radius 3 is 2.82 bits per heavy atom. The molecule has 4 N–H and O–H groups in total. The van der Waals surface area contributed by atoms with Crippen LogP contribution in [0.3, 0.4) is 0 Å². The van der Waals surface area contributed by atoms with E-state index in [1.54, 1.807) is 0 Å². The van der Waals surface area contributed by atoms with Gasteiger partial charge in [-0.15, -0.1) is 0 Å². The van der Waals surface area contributed by atoms with Crippen molar-refractivity contribution in [2.45, 2.75) is 50.2 Å². The number of carbonyl (C=O) groups excluding carboxylic acids is 1. The largest absolute Gasteiger partial charge is 0.394 e. The molecule has 1 aliphatic heterocycles. The highest BCUT2D eigenvalue weighted by Crippen LogP contribution is 2.36. The van der Waals surface area contributed by atoms with Crippen molar-refractivity contribution in [3.8, 4) is 0 Å². The lowest BCUT2D eigenvalue weighted by Crippen LogP contribution is -2.40. The summed E-state index contributed by atoms with van der Waals surface area (Å²) in [4.78, 5) is 25.0. The van der Waals surface area contributed by atoms with Gasteiger partial charge in [-0.1, -0.05) is 12.8 Å². The number of ether oxygens (including phenoxy) is 1. The minimum absolute atomic E-state index is 0.0452. The third-order valence-corrected chi connectivity index (χ3v) is 5.64. The summed E-state index contributed by atoms with van der Waals surface area (Å²) in [5.41, 5.74) is 0.898. The van der Waals surface area contributed by atoms with Crippen molar-refractivity contribution in [3.63, 3.8) is 0 Å². The molecule has 0 radical (unpaired) electrons. The second-order valence-electron chi connectivity index (χ2n) is 7.17. The van der Waals surface area contributed by atoms with Gasteiger partial charge in [-0.05, 0) is 24.4 Å². The molecule has 0 bridgehead atoms. The fourth-order valence-electron chi connectivity index (χ4n) is 4.06. The summed E-state index contributed by atoms with van der Waals surface area (Å²) in [6.07, 6.45) is 2.96. The fraction of sp³-hybridized carbons (Fsp3) is 0.647. The number of aromatic nitrogens is 4. The first kappa shape index (κ1) is 19.3. The van der Waals surface area contributed by atoms with Crippen LogP contribution in [0.2, 0.25) is 5.28 Å². The summed E-state index contributed by atoms with van der Waals surface area (Å²) in [5.74, 6) is -0.782. The molecule has 2 fully saturated rings. The SMILES string of the molecule is CNC(=O)[C@H]1[C@@H](O)[C@H](n2cnc3c(NC4CCCC4)nc(Cl)nc32)O[C@@H]1CO. The summed E-state index contributed by atoms with van der Waals surface area (Å²) in [6, 6.07) is 0.309. The number of aliphatic hydroxyl groups is 2. The molecular weight excluding hydrogens is 388 g/mol. The van der Waals surface area contributed by atoms with Gasteiger partial charge in [0.1, 0.15) is 6.10 Å². The average Bonchev–Trinajstić information content (AvgIpc) is 3.40. The summed E-state index contributed by atoms with van der Waals surface area (Å²) >= 11 is 6.13. The van der Waals surface area contributed by atoms with E-state index in [0.29, 0.717) is 23.0 Å². The molecule has 2 aliphatic rings. The molecule has 3 heterocycles. The third-order valence-electron chi connectivity index (χ3n) is 5.47. The van der Waals surface area contributed by atoms with Crippen molar-refractivity contribution in [1.29, 1.82) is 0 Å². The van der Waals surface area contributed by atoms with Gasteiger partial charge < -0.3 is 25.6 Å². The number of hydrogen-bond acceptors (Lipinski definition) is 8. The number of nitrogens with one attached hydrogen (secondary N) is 2. The lowest BCUT2D eigenvalue weighted by atomic mass is 9.97. The monoisotopic (exact) mass is 410 g/mol. The summed E-state index contributed by atoms with van der Waals surface area (Å²) in [6.45, 7) is -0.400.